The maximum absolute atomic E-state index is 6.00. The molecule has 0 radical (unpaired) electrons. The molecule has 1 nitrogen and oxygen atoms in total. The lowest BCUT2D eigenvalue weighted by Gasteiger charge is -2.60. The first-order valence-electron chi connectivity index (χ1n) is 10.2. The number of ether oxygens (including phenoxy) is 1. The lowest BCUT2D eigenvalue weighted by Crippen LogP contribution is -2.53. The Morgan fingerprint density at radius 2 is 1.77 bits per heavy atom. The Morgan fingerprint density at radius 3 is 2.59 bits per heavy atom. The third-order valence-corrected chi connectivity index (χ3v) is 8.80. The quantitative estimate of drug-likeness (QED) is 0.624. The van der Waals surface area contributed by atoms with Gasteiger partial charge in [0, 0.05) is 6.61 Å². The summed E-state index contributed by atoms with van der Waals surface area (Å²) in [5, 5.41) is 0. The Morgan fingerprint density at radius 1 is 0.909 bits per heavy atom. The first-order chi connectivity index (χ1) is 10.6. The standard InChI is InChI=1S/C21H36O/c1-4-22-16-9-13-21(3)15(14-16)7-8-17-18-6-5-11-20(18,2)12-10-19(17)21/h15-19H,4-14H2,1-3H3/t15-,16?,17?,18?,19?,20?,21?/m0/s1. The molecule has 0 aliphatic heterocycles. The molecule has 0 heterocycles. The van der Waals surface area contributed by atoms with Crippen LogP contribution in [0.15, 0.2) is 0 Å². The molecular formula is C21H36O. The summed E-state index contributed by atoms with van der Waals surface area (Å²) < 4.78 is 6.00. The van der Waals surface area contributed by atoms with Crippen molar-refractivity contribution in [1.82, 2.24) is 0 Å². The van der Waals surface area contributed by atoms with Crippen molar-refractivity contribution in [1.29, 1.82) is 0 Å². The summed E-state index contributed by atoms with van der Waals surface area (Å²) in [4.78, 5) is 0. The van der Waals surface area contributed by atoms with E-state index in [2.05, 4.69) is 20.8 Å². The highest BCUT2D eigenvalue weighted by molar-refractivity contribution is 5.07. The second kappa shape index (κ2) is 5.50. The van der Waals surface area contributed by atoms with Crippen molar-refractivity contribution in [2.24, 2.45) is 34.5 Å². The maximum atomic E-state index is 6.00. The lowest BCUT2D eigenvalue weighted by atomic mass is 9.45. The van der Waals surface area contributed by atoms with Crippen LogP contribution in [-0.4, -0.2) is 12.7 Å². The summed E-state index contributed by atoms with van der Waals surface area (Å²) >= 11 is 0. The number of hydrogen-bond acceptors (Lipinski definition) is 1. The van der Waals surface area contributed by atoms with Crippen LogP contribution in [0.1, 0.15) is 85.0 Å². The van der Waals surface area contributed by atoms with Gasteiger partial charge in [0.1, 0.15) is 0 Å². The topological polar surface area (TPSA) is 9.23 Å². The van der Waals surface area contributed by atoms with Gasteiger partial charge in [0.2, 0.25) is 0 Å². The van der Waals surface area contributed by atoms with Crippen LogP contribution < -0.4 is 0 Å². The SMILES string of the molecule is CCOC1CCC2(C)C3CCC4(C)CCCC4C3CC[C@H]2C1. The summed E-state index contributed by atoms with van der Waals surface area (Å²) in [7, 11) is 0. The minimum atomic E-state index is 0.569. The van der Waals surface area contributed by atoms with E-state index in [1.165, 1.54) is 57.8 Å². The molecule has 22 heavy (non-hydrogen) atoms. The molecule has 126 valence electrons. The minimum absolute atomic E-state index is 0.569. The van der Waals surface area contributed by atoms with Gasteiger partial charge in [-0.05, 0) is 99.2 Å². The van der Waals surface area contributed by atoms with Crippen LogP contribution in [0.3, 0.4) is 0 Å². The molecule has 0 spiro atoms. The molecule has 4 aliphatic rings. The molecule has 0 amide bonds. The Balaban J connectivity index is 1.54. The normalized spacial score (nSPS) is 54.4. The molecule has 0 aromatic heterocycles. The molecule has 0 bridgehead atoms. The van der Waals surface area contributed by atoms with Gasteiger partial charge in [-0.1, -0.05) is 20.3 Å². The molecule has 0 aromatic carbocycles. The smallest absolute Gasteiger partial charge is 0.0578 e. The number of hydrogen-bond donors (Lipinski definition) is 0. The fourth-order valence-electron chi connectivity index (χ4n) is 7.60. The van der Waals surface area contributed by atoms with Crippen molar-refractivity contribution in [2.75, 3.05) is 6.61 Å². The predicted octanol–water partition coefficient (Wildman–Crippen LogP) is 5.82. The Bertz CT molecular complexity index is 418. The van der Waals surface area contributed by atoms with E-state index in [9.17, 15) is 0 Å². The van der Waals surface area contributed by atoms with Crippen LogP contribution >= 0.6 is 0 Å². The van der Waals surface area contributed by atoms with Gasteiger partial charge in [-0.3, -0.25) is 0 Å². The van der Waals surface area contributed by atoms with Crippen LogP contribution in [0.2, 0.25) is 0 Å². The van der Waals surface area contributed by atoms with Crippen LogP contribution in [-0.2, 0) is 4.74 Å². The largest absolute Gasteiger partial charge is 0.378 e. The zero-order valence-electron chi connectivity index (χ0n) is 15.1. The summed E-state index contributed by atoms with van der Waals surface area (Å²) in [6, 6.07) is 0. The maximum Gasteiger partial charge on any atom is 0.0578 e. The molecule has 4 rings (SSSR count). The third-order valence-electron chi connectivity index (χ3n) is 8.80. The summed E-state index contributed by atoms with van der Waals surface area (Å²) in [5.41, 5.74) is 1.35. The van der Waals surface area contributed by atoms with Gasteiger partial charge in [0.25, 0.3) is 0 Å². The highest BCUT2D eigenvalue weighted by Crippen LogP contribution is 2.66. The molecule has 4 fully saturated rings. The van der Waals surface area contributed by atoms with Gasteiger partial charge in [-0.25, -0.2) is 0 Å². The van der Waals surface area contributed by atoms with E-state index in [0.717, 1.165) is 30.3 Å². The molecule has 0 aromatic rings. The molecule has 1 heteroatoms. The van der Waals surface area contributed by atoms with Crippen LogP contribution in [0, 0.1) is 34.5 Å². The van der Waals surface area contributed by atoms with Crippen molar-refractivity contribution in [3.63, 3.8) is 0 Å². The lowest BCUT2D eigenvalue weighted by molar-refractivity contribution is -0.128. The Labute approximate surface area is 137 Å². The minimum Gasteiger partial charge on any atom is -0.378 e. The van der Waals surface area contributed by atoms with Crippen molar-refractivity contribution in [3.05, 3.63) is 0 Å². The van der Waals surface area contributed by atoms with Crippen molar-refractivity contribution in [2.45, 2.75) is 91.1 Å². The molecule has 7 atom stereocenters. The highest BCUT2D eigenvalue weighted by atomic mass is 16.5. The van der Waals surface area contributed by atoms with Crippen LogP contribution in [0.4, 0.5) is 0 Å². The summed E-state index contributed by atoms with van der Waals surface area (Å²) in [6.07, 6.45) is 15.3. The third kappa shape index (κ3) is 2.21. The van der Waals surface area contributed by atoms with Crippen molar-refractivity contribution in [3.8, 4) is 0 Å². The fourth-order valence-corrected chi connectivity index (χ4v) is 7.60. The second-order valence-electron chi connectivity index (χ2n) is 9.59. The van der Waals surface area contributed by atoms with E-state index in [0.29, 0.717) is 16.9 Å². The van der Waals surface area contributed by atoms with E-state index < -0.39 is 0 Å². The molecule has 0 saturated heterocycles. The molecule has 4 saturated carbocycles. The summed E-state index contributed by atoms with van der Waals surface area (Å²) in [5.74, 6) is 4.11. The fraction of sp³-hybridized carbons (Fsp3) is 1.00. The molecular weight excluding hydrogens is 268 g/mol. The van der Waals surface area contributed by atoms with E-state index in [1.807, 2.05) is 0 Å². The second-order valence-corrected chi connectivity index (χ2v) is 9.59. The Kier molecular flexibility index (Phi) is 3.87. The Hall–Kier alpha value is -0.0400. The highest BCUT2D eigenvalue weighted by Gasteiger charge is 2.57. The van der Waals surface area contributed by atoms with E-state index in [1.54, 1.807) is 6.42 Å². The van der Waals surface area contributed by atoms with Gasteiger partial charge >= 0.3 is 0 Å². The average molecular weight is 305 g/mol. The summed E-state index contributed by atoms with van der Waals surface area (Å²) in [6.45, 7) is 8.36. The van der Waals surface area contributed by atoms with Gasteiger partial charge in [-0.15, -0.1) is 0 Å². The molecule has 6 unspecified atom stereocenters. The van der Waals surface area contributed by atoms with Gasteiger partial charge in [-0.2, -0.15) is 0 Å². The molecule has 0 N–H and O–H groups in total. The van der Waals surface area contributed by atoms with Crippen LogP contribution in [0.5, 0.6) is 0 Å². The molecule has 4 aliphatic carbocycles. The van der Waals surface area contributed by atoms with E-state index >= 15 is 0 Å². The zero-order valence-corrected chi connectivity index (χ0v) is 15.1. The van der Waals surface area contributed by atoms with Crippen LogP contribution in [0.25, 0.3) is 0 Å². The van der Waals surface area contributed by atoms with Gasteiger partial charge in [0.15, 0.2) is 0 Å². The first-order valence-corrected chi connectivity index (χ1v) is 10.2. The van der Waals surface area contributed by atoms with Crippen molar-refractivity contribution >= 4 is 0 Å². The monoisotopic (exact) mass is 304 g/mol. The van der Waals surface area contributed by atoms with Crippen molar-refractivity contribution < 1.29 is 4.74 Å². The van der Waals surface area contributed by atoms with Gasteiger partial charge in [0.05, 0.1) is 6.10 Å². The zero-order chi connectivity index (χ0) is 15.4. The first kappa shape index (κ1) is 15.5. The number of fused-ring (bicyclic) bond motifs is 5. The number of rotatable bonds is 2. The predicted molar refractivity (Wildman–Crippen MR) is 91.8 cm³/mol. The van der Waals surface area contributed by atoms with E-state index in [4.69, 9.17) is 4.74 Å². The average Bonchev–Trinajstić information content (AvgIpc) is 2.89. The van der Waals surface area contributed by atoms with E-state index in [-0.39, 0.29) is 0 Å². The van der Waals surface area contributed by atoms with Gasteiger partial charge < -0.3 is 4.74 Å².